The van der Waals surface area contributed by atoms with E-state index in [2.05, 4.69) is 4.72 Å². The van der Waals surface area contributed by atoms with Crippen LogP contribution >= 0.6 is 11.9 Å². The van der Waals surface area contributed by atoms with Crippen LogP contribution in [0.5, 0.6) is 5.75 Å². The molecule has 19 heavy (non-hydrogen) atoms. The summed E-state index contributed by atoms with van der Waals surface area (Å²) in [7, 11) is 1.61. The van der Waals surface area contributed by atoms with E-state index in [4.69, 9.17) is 4.74 Å². The van der Waals surface area contributed by atoms with Crippen LogP contribution < -0.4 is 9.46 Å². The molecule has 1 N–H and O–H groups in total. The largest absolute Gasteiger partial charge is 0.497 e. The van der Waals surface area contributed by atoms with Crippen LogP contribution in [0.3, 0.4) is 0 Å². The molecule has 0 spiro atoms. The van der Waals surface area contributed by atoms with Gasteiger partial charge in [0.15, 0.2) is 0 Å². The maximum absolute atomic E-state index is 10.5. The molecule has 6 heteroatoms. The molecular formula is C13H12N2O3S. The smallest absolute Gasteiger partial charge is 0.269 e. The Labute approximate surface area is 114 Å². The molecule has 0 unspecified atom stereocenters. The SMILES string of the molecule is COc1cccc(NSc2ccc([N+](=O)[O-])cc2)c1. The minimum absolute atomic E-state index is 0.0886. The minimum atomic E-state index is -0.413. The lowest BCUT2D eigenvalue weighted by atomic mass is 10.3. The zero-order valence-electron chi connectivity index (χ0n) is 10.2. The number of hydrogen-bond donors (Lipinski definition) is 1. The lowest BCUT2D eigenvalue weighted by Crippen LogP contribution is -1.90. The lowest BCUT2D eigenvalue weighted by Gasteiger charge is -2.06. The Morgan fingerprint density at radius 2 is 1.95 bits per heavy atom. The molecule has 0 amide bonds. The van der Waals surface area contributed by atoms with Crippen molar-refractivity contribution in [2.24, 2.45) is 0 Å². The van der Waals surface area contributed by atoms with E-state index in [0.29, 0.717) is 0 Å². The molecule has 98 valence electrons. The number of rotatable bonds is 5. The number of nitro groups is 1. The summed E-state index contributed by atoms with van der Waals surface area (Å²) < 4.78 is 8.28. The molecule has 0 aliphatic carbocycles. The predicted octanol–water partition coefficient (Wildman–Crippen LogP) is 3.72. The van der Waals surface area contributed by atoms with Crippen molar-refractivity contribution in [2.75, 3.05) is 11.8 Å². The van der Waals surface area contributed by atoms with Crippen molar-refractivity contribution >= 4 is 23.3 Å². The van der Waals surface area contributed by atoms with Crippen LogP contribution in [0.4, 0.5) is 11.4 Å². The fraction of sp³-hybridized carbons (Fsp3) is 0.0769. The average Bonchev–Trinajstić information content (AvgIpc) is 2.46. The van der Waals surface area contributed by atoms with E-state index in [9.17, 15) is 10.1 Å². The molecule has 2 aromatic rings. The van der Waals surface area contributed by atoms with Crippen LogP contribution in [-0.2, 0) is 0 Å². The fourth-order valence-electron chi connectivity index (χ4n) is 1.44. The van der Waals surface area contributed by atoms with E-state index in [1.165, 1.54) is 24.1 Å². The highest BCUT2D eigenvalue weighted by molar-refractivity contribution is 8.00. The summed E-state index contributed by atoms with van der Waals surface area (Å²) in [6.07, 6.45) is 0. The maximum atomic E-state index is 10.5. The topological polar surface area (TPSA) is 64.4 Å². The second kappa shape index (κ2) is 6.10. The molecule has 0 radical (unpaired) electrons. The summed E-state index contributed by atoms with van der Waals surface area (Å²) in [4.78, 5) is 11.0. The summed E-state index contributed by atoms with van der Waals surface area (Å²) in [6.45, 7) is 0. The van der Waals surface area contributed by atoms with Crippen molar-refractivity contribution in [3.63, 3.8) is 0 Å². The summed E-state index contributed by atoms with van der Waals surface area (Å²) in [5, 5.41) is 10.5. The van der Waals surface area contributed by atoms with Gasteiger partial charge in [0.1, 0.15) is 5.75 Å². The van der Waals surface area contributed by atoms with Gasteiger partial charge in [-0.15, -0.1) is 0 Å². The molecule has 0 saturated carbocycles. The molecule has 2 aromatic carbocycles. The number of anilines is 1. The normalized spacial score (nSPS) is 9.95. The van der Waals surface area contributed by atoms with Crippen molar-refractivity contribution in [2.45, 2.75) is 4.90 Å². The third-order valence-electron chi connectivity index (χ3n) is 2.40. The first-order valence-corrected chi connectivity index (χ1v) is 6.32. The van der Waals surface area contributed by atoms with Gasteiger partial charge in [-0.25, -0.2) is 0 Å². The van der Waals surface area contributed by atoms with Crippen LogP contribution in [0.1, 0.15) is 0 Å². The van der Waals surface area contributed by atoms with Crippen LogP contribution in [0.15, 0.2) is 53.4 Å². The van der Waals surface area contributed by atoms with Gasteiger partial charge in [-0.05, 0) is 36.2 Å². The zero-order chi connectivity index (χ0) is 13.7. The Morgan fingerprint density at radius 1 is 1.21 bits per heavy atom. The number of non-ortho nitro benzene ring substituents is 1. The third kappa shape index (κ3) is 3.62. The van der Waals surface area contributed by atoms with Gasteiger partial charge in [0.25, 0.3) is 5.69 Å². The first kappa shape index (κ1) is 13.2. The van der Waals surface area contributed by atoms with Gasteiger partial charge in [0.2, 0.25) is 0 Å². The molecule has 0 saturated heterocycles. The van der Waals surface area contributed by atoms with Crippen molar-refractivity contribution < 1.29 is 9.66 Å². The monoisotopic (exact) mass is 276 g/mol. The van der Waals surface area contributed by atoms with E-state index in [0.717, 1.165) is 16.3 Å². The van der Waals surface area contributed by atoms with Gasteiger partial charge in [-0.1, -0.05) is 6.07 Å². The van der Waals surface area contributed by atoms with Gasteiger partial charge in [0.05, 0.1) is 12.0 Å². The van der Waals surface area contributed by atoms with Crippen LogP contribution in [0.25, 0.3) is 0 Å². The number of ether oxygens (including phenoxy) is 1. The van der Waals surface area contributed by atoms with Gasteiger partial charge in [-0.3, -0.25) is 10.1 Å². The quantitative estimate of drug-likeness (QED) is 0.512. The van der Waals surface area contributed by atoms with Gasteiger partial charge in [0, 0.05) is 28.8 Å². The second-order valence-electron chi connectivity index (χ2n) is 3.69. The van der Waals surface area contributed by atoms with Crippen molar-refractivity contribution in [3.8, 4) is 5.75 Å². The summed E-state index contributed by atoms with van der Waals surface area (Å²) >= 11 is 1.38. The number of benzene rings is 2. The fourth-order valence-corrected chi connectivity index (χ4v) is 2.08. The first-order chi connectivity index (χ1) is 9.19. The molecule has 0 heterocycles. The molecule has 0 aliphatic heterocycles. The standard InChI is InChI=1S/C13H12N2O3S/c1-18-12-4-2-3-10(9-12)14-19-13-7-5-11(6-8-13)15(16)17/h2-9,14H,1H3. The van der Waals surface area contributed by atoms with Crippen LogP contribution in [0, 0.1) is 10.1 Å². The molecule has 0 atom stereocenters. The van der Waals surface area contributed by atoms with E-state index >= 15 is 0 Å². The molecule has 0 aliphatic rings. The highest BCUT2D eigenvalue weighted by Crippen LogP contribution is 2.25. The lowest BCUT2D eigenvalue weighted by molar-refractivity contribution is -0.384. The number of nitrogens with zero attached hydrogens (tertiary/aromatic N) is 1. The molecule has 0 bridgehead atoms. The van der Waals surface area contributed by atoms with Gasteiger partial charge >= 0.3 is 0 Å². The first-order valence-electron chi connectivity index (χ1n) is 5.50. The molecule has 5 nitrogen and oxygen atoms in total. The summed E-state index contributed by atoms with van der Waals surface area (Å²) in [5.74, 6) is 0.772. The number of nitrogens with one attached hydrogen (secondary N) is 1. The minimum Gasteiger partial charge on any atom is -0.497 e. The highest BCUT2D eigenvalue weighted by atomic mass is 32.2. The number of methoxy groups -OCH3 is 1. The third-order valence-corrected chi connectivity index (χ3v) is 3.25. The van der Waals surface area contributed by atoms with Crippen molar-refractivity contribution in [3.05, 3.63) is 58.6 Å². The van der Waals surface area contributed by atoms with Crippen molar-refractivity contribution in [1.82, 2.24) is 0 Å². The van der Waals surface area contributed by atoms with Gasteiger partial charge in [-0.2, -0.15) is 0 Å². The molecule has 0 aromatic heterocycles. The van der Waals surface area contributed by atoms with E-state index in [-0.39, 0.29) is 5.69 Å². The Bertz CT molecular complexity index is 572. The average molecular weight is 276 g/mol. The predicted molar refractivity (Wildman–Crippen MR) is 75.6 cm³/mol. The zero-order valence-corrected chi connectivity index (χ0v) is 11.0. The Hall–Kier alpha value is -2.21. The summed E-state index contributed by atoms with van der Waals surface area (Å²) in [6, 6.07) is 13.9. The Morgan fingerprint density at radius 3 is 2.58 bits per heavy atom. The van der Waals surface area contributed by atoms with Crippen LogP contribution in [0.2, 0.25) is 0 Å². The van der Waals surface area contributed by atoms with E-state index in [1.807, 2.05) is 24.3 Å². The highest BCUT2D eigenvalue weighted by Gasteiger charge is 2.04. The Balaban J connectivity index is 1.99. The summed E-state index contributed by atoms with van der Waals surface area (Å²) in [5.41, 5.74) is 0.994. The van der Waals surface area contributed by atoms with Crippen LogP contribution in [-0.4, -0.2) is 12.0 Å². The number of nitro benzene ring substituents is 1. The molecule has 2 rings (SSSR count). The molecular weight excluding hydrogens is 264 g/mol. The second-order valence-corrected chi connectivity index (χ2v) is 4.57. The molecule has 0 fully saturated rings. The Kier molecular flexibility index (Phi) is 4.25. The van der Waals surface area contributed by atoms with E-state index in [1.54, 1.807) is 19.2 Å². The number of hydrogen-bond acceptors (Lipinski definition) is 5. The van der Waals surface area contributed by atoms with Crippen molar-refractivity contribution in [1.29, 1.82) is 0 Å². The van der Waals surface area contributed by atoms with E-state index < -0.39 is 4.92 Å². The maximum Gasteiger partial charge on any atom is 0.269 e. The van der Waals surface area contributed by atoms with Gasteiger partial charge < -0.3 is 9.46 Å².